The van der Waals surface area contributed by atoms with Gasteiger partial charge in [0, 0.05) is 18.2 Å². The summed E-state index contributed by atoms with van der Waals surface area (Å²) in [5, 5.41) is 5.29. The first kappa shape index (κ1) is 12.6. The molecule has 0 aliphatic heterocycles. The second kappa shape index (κ2) is 5.63. The molecule has 0 bridgehead atoms. The quantitative estimate of drug-likeness (QED) is 0.868. The van der Waals surface area contributed by atoms with Crippen LogP contribution in [-0.2, 0) is 6.54 Å². The summed E-state index contributed by atoms with van der Waals surface area (Å²) in [5.74, 6) is -0.171. The molecule has 1 N–H and O–H groups in total. The van der Waals surface area contributed by atoms with Gasteiger partial charge in [-0.25, -0.2) is 4.39 Å². The molecule has 2 aromatic rings. The van der Waals surface area contributed by atoms with Crippen LogP contribution in [0, 0.1) is 5.82 Å². The van der Waals surface area contributed by atoms with Crippen LogP contribution in [0.15, 0.2) is 35.7 Å². The molecule has 1 atom stereocenters. The minimum absolute atomic E-state index is 0.165. The van der Waals surface area contributed by atoms with Gasteiger partial charge in [-0.2, -0.15) is 0 Å². The Morgan fingerprint density at radius 2 is 2.18 bits per heavy atom. The van der Waals surface area contributed by atoms with Crippen LogP contribution in [0.5, 0.6) is 0 Å². The number of hydrogen-bond acceptors (Lipinski definition) is 2. The molecule has 0 aliphatic rings. The van der Waals surface area contributed by atoms with Crippen LogP contribution >= 0.6 is 22.9 Å². The molecule has 1 aromatic carbocycles. The fourth-order valence-electron chi connectivity index (χ4n) is 1.57. The van der Waals surface area contributed by atoms with Crippen LogP contribution in [-0.4, -0.2) is 0 Å². The zero-order chi connectivity index (χ0) is 12.3. The van der Waals surface area contributed by atoms with Crippen LogP contribution in [0.4, 0.5) is 4.39 Å². The third-order valence-corrected chi connectivity index (χ3v) is 3.75. The van der Waals surface area contributed by atoms with Crippen LogP contribution in [0.3, 0.4) is 0 Å². The van der Waals surface area contributed by atoms with Gasteiger partial charge in [-0.05, 0) is 30.0 Å². The summed E-state index contributed by atoms with van der Waals surface area (Å²) in [6.45, 7) is 2.56. The predicted molar refractivity (Wildman–Crippen MR) is 71.0 cm³/mol. The van der Waals surface area contributed by atoms with Gasteiger partial charge >= 0.3 is 0 Å². The van der Waals surface area contributed by atoms with E-state index in [1.165, 1.54) is 17.4 Å². The lowest BCUT2D eigenvalue weighted by Crippen LogP contribution is -2.18. The number of benzene rings is 1. The van der Waals surface area contributed by atoms with Gasteiger partial charge in [0.25, 0.3) is 0 Å². The molecule has 1 nitrogen and oxygen atoms in total. The summed E-state index contributed by atoms with van der Waals surface area (Å²) in [5.41, 5.74) is 1.82. The molecule has 1 unspecified atom stereocenters. The Kier molecular flexibility index (Phi) is 4.15. The molecule has 0 saturated heterocycles. The van der Waals surface area contributed by atoms with Gasteiger partial charge in [0.1, 0.15) is 5.82 Å². The Bertz CT molecular complexity index is 498. The lowest BCUT2D eigenvalue weighted by molar-refractivity contribution is 0.545. The molecular formula is C13H13ClFNS. The fraction of sp³-hybridized carbons (Fsp3) is 0.231. The summed E-state index contributed by atoms with van der Waals surface area (Å²) in [4.78, 5) is 0. The van der Waals surface area contributed by atoms with Crippen molar-refractivity contribution in [2.75, 3.05) is 0 Å². The van der Waals surface area contributed by atoms with E-state index in [0.29, 0.717) is 12.1 Å². The number of halogens is 2. The highest BCUT2D eigenvalue weighted by atomic mass is 35.5. The molecule has 4 heteroatoms. The van der Waals surface area contributed by atoms with E-state index in [4.69, 9.17) is 11.6 Å². The average Bonchev–Trinajstić information content (AvgIpc) is 2.74. The van der Waals surface area contributed by atoms with Crippen molar-refractivity contribution in [3.05, 3.63) is 57.0 Å². The van der Waals surface area contributed by atoms with Crippen molar-refractivity contribution in [3.63, 3.8) is 0 Å². The van der Waals surface area contributed by atoms with Gasteiger partial charge in [0.15, 0.2) is 0 Å². The third-order valence-electron chi connectivity index (χ3n) is 2.64. The normalized spacial score (nSPS) is 12.6. The summed E-state index contributed by atoms with van der Waals surface area (Å²) >= 11 is 7.39. The molecule has 0 amide bonds. The summed E-state index contributed by atoms with van der Waals surface area (Å²) in [7, 11) is 0. The molecule has 1 aromatic heterocycles. The van der Waals surface area contributed by atoms with Gasteiger partial charge in [-0.3, -0.25) is 0 Å². The van der Waals surface area contributed by atoms with E-state index >= 15 is 0 Å². The number of thiophene rings is 1. The van der Waals surface area contributed by atoms with Crippen LogP contribution < -0.4 is 5.32 Å². The Morgan fingerprint density at radius 1 is 1.41 bits per heavy atom. The Morgan fingerprint density at radius 3 is 2.82 bits per heavy atom. The van der Waals surface area contributed by atoms with E-state index in [0.717, 1.165) is 9.90 Å². The first-order chi connectivity index (χ1) is 8.16. The smallest absolute Gasteiger partial charge is 0.127 e. The number of nitrogens with one attached hydrogen (secondary N) is 1. The van der Waals surface area contributed by atoms with Gasteiger partial charge in [-0.1, -0.05) is 29.8 Å². The highest BCUT2D eigenvalue weighted by Crippen LogP contribution is 2.24. The molecule has 0 spiro atoms. The van der Waals surface area contributed by atoms with E-state index < -0.39 is 0 Å². The van der Waals surface area contributed by atoms with Crippen molar-refractivity contribution in [2.24, 2.45) is 0 Å². The molecule has 0 fully saturated rings. The van der Waals surface area contributed by atoms with E-state index in [1.54, 1.807) is 12.1 Å². The van der Waals surface area contributed by atoms with Gasteiger partial charge < -0.3 is 5.32 Å². The van der Waals surface area contributed by atoms with E-state index in [9.17, 15) is 4.39 Å². The molecule has 0 saturated carbocycles. The molecule has 90 valence electrons. The monoisotopic (exact) mass is 269 g/mol. The van der Waals surface area contributed by atoms with Crippen molar-refractivity contribution in [1.29, 1.82) is 0 Å². The second-order valence-electron chi connectivity index (χ2n) is 3.88. The second-order valence-corrected chi connectivity index (χ2v) is 5.42. The van der Waals surface area contributed by atoms with Gasteiger partial charge in [-0.15, -0.1) is 11.3 Å². The van der Waals surface area contributed by atoms with Crippen molar-refractivity contribution in [3.8, 4) is 0 Å². The van der Waals surface area contributed by atoms with E-state index in [1.807, 2.05) is 24.4 Å². The lowest BCUT2D eigenvalue weighted by Gasteiger charge is -2.12. The SMILES string of the molecule is CC(NCc1ccccc1F)c1csc(Cl)c1. The Hall–Kier alpha value is -0.900. The molecule has 17 heavy (non-hydrogen) atoms. The van der Waals surface area contributed by atoms with E-state index in [2.05, 4.69) is 5.32 Å². The molecule has 2 rings (SSSR count). The minimum atomic E-state index is -0.171. The maximum Gasteiger partial charge on any atom is 0.127 e. The first-order valence-corrected chi connectivity index (χ1v) is 6.63. The third kappa shape index (κ3) is 3.28. The minimum Gasteiger partial charge on any atom is -0.306 e. The fourth-order valence-corrected chi connectivity index (χ4v) is 2.56. The van der Waals surface area contributed by atoms with Crippen LogP contribution in [0.2, 0.25) is 4.34 Å². The topological polar surface area (TPSA) is 12.0 Å². The molecule has 1 heterocycles. The zero-order valence-corrected chi connectivity index (χ0v) is 11.0. The molecular weight excluding hydrogens is 257 g/mol. The van der Waals surface area contributed by atoms with Crippen LogP contribution in [0.25, 0.3) is 0 Å². The van der Waals surface area contributed by atoms with Gasteiger partial charge in [0.2, 0.25) is 0 Å². The van der Waals surface area contributed by atoms with Crippen LogP contribution in [0.1, 0.15) is 24.1 Å². The van der Waals surface area contributed by atoms with Gasteiger partial charge in [0.05, 0.1) is 4.34 Å². The molecule has 0 aliphatic carbocycles. The number of hydrogen-bond donors (Lipinski definition) is 1. The van der Waals surface area contributed by atoms with Crippen molar-refractivity contribution >= 4 is 22.9 Å². The largest absolute Gasteiger partial charge is 0.306 e. The summed E-state index contributed by atoms with van der Waals surface area (Å²) < 4.78 is 14.2. The van der Waals surface area contributed by atoms with E-state index in [-0.39, 0.29) is 11.9 Å². The summed E-state index contributed by atoms with van der Waals surface area (Å²) in [6, 6.07) is 8.90. The lowest BCUT2D eigenvalue weighted by atomic mass is 10.1. The van der Waals surface area contributed by atoms with Crippen molar-refractivity contribution < 1.29 is 4.39 Å². The predicted octanol–water partition coefficient (Wildman–Crippen LogP) is 4.39. The highest BCUT2D eigenvalue weighted by molar-refractivity contribution is 7.14. The molecule has 0 radical (unpaired) electrons. The Balaban J connectivity index is 1.97. The van der Waals surface area contributed by atoms with Crippen molar-refractivity contribution in [1.82, 2.24) is 5.32 Å². The van der Waals surface area contributed by atoms with Crippen molar-refractivity contribution in [2.45, 2.75) is 19.5 Å². The Labute approximate surface area is 109 Å². The number of rotatable bonds is 4. The zero-order valence-electron chi connectivity index (χ0n) is 9.41. The average molecular weight is 270 g/mol. The highest BCUT2D eigenvalue weighted by Gasteiger charge is 2.08. The first-order valence-electron chi connectivity index (χ1n) is 5.37. The summed E-state index contributed by atoms with van der Waals surface area (Å²) in [6.07, 6.45) is 0. The maximum absolute atomic E-state index is 13.4. The maximum atomic E-state index is 13.4. The standard InChI is InChI=1S/C13H13ClFNS/c1-9(11-6-13(14)17-8-11)16-7-10-4-2-3-5-12(10)15/h2-6,8-9,16H,7H2,1H3.